The molecule has 20 heavy (non-hydrogen) atoms. The van der Waals surface area contributed by atoms with Crippen molar-refractivity contribution in [2.45, 2.75) is 44.9 Å². The molecule has 2 fully saturated rings. The lowest BCUT2D eigenvalue weighted by Gasteiger charge is -2.45. The number of hydrogen-bond acceptors (Lipinski definition) is 1. The van der Waals surface area contributed by atoms with E-state index in [2.05, 4.69) is 25.6 Å². The summed E-state index contributed by atoms with van der Waals surface area (Å²) in [5.41, 5.74) is 6.25. The number of phenolic OH excluding ortho intramolecular Hbond substituents is 1. The minimum absolute atomic E-state index is 0.344. The summed E-state index contributed by atoms with van der Waals surface area (Å²) in [5, 5.41) is 9.68. The Morgan fingerprint density at radius 3 is 3.00 bits per heavy atom. The zero-order valence-electron chi connectivity index (χ0n) is 12.2. The lowest BCUT2D eigenvalue weighted by atomic mass is 9.59. The van der Waals surface area contributed by atoms with E-state index in [0.717, 1.165) is 6.42 Å². The summed E-state index contributed by atoms with van der Waals surface area (Å²) >= 11 is 0. The predicted octanol–water partition coefficient (Wildman–Crippen LogP) is 4.72. The number of aromatic hydroxyl groups is 1. The average Bonchev–Trinajstić information content (AvgIpc) is 2.74. The van der Waals surface area contributed by atoms with Gasteiger partial charge in [0, 0.05) is 5.92 Å². The minimum Gasteiger partial charge on any atom is -0.508 e. The standard InChI is InChI=1S/C19H22O/c1-12-3-8-18-17-6-4-13-11-14(20)5-7-15(13)16(17)9-10-19(12,18)2/h5-7,11,16,18,20H,1,3-4,8-10H2,2H3/t16-,18+,19-/m1/s1. The molecule has 0 bridgehead atoms. The van der Waals surface area contributed by atoms with Crippen molar-refractivity contribution >= 4 is 0 Å². The molecule has 0 unspecified atom stereocenters. The maximum absolute atomic E-state index is 9.68. The van der Waals surface area contributed by atoms with Crippen LogP contribution >= 0.6 is 0 Å². The fourth-order valence-electron chi connectivity index (χ4n) is 4.86. The second-order valence-corrected chi connectivity index (χ2v) is 6.99. The van der Waals surface area contributed by atoms with Gasteiger partial charge in [0.05, 0.1) is 0 Å². The number of rotatable bonds is 0. The van der Waals surface area contributed by atoms with Gasteiger partial charge < -0.3 is 5.11 Å². The molecule has 0 amide bonds. The third-order valence-electron chi connectivity index (χ3n) is 6.13. The van der Waals surface area contributed by atoms with Crippen molar-refractivity contribution in [3.8, 4) is 5.75 Å². The zero-order chi connectivity index (χ0) is 13.9. The average molecular weight is 266 g/mol. The molecule has 0 radical (unpaired) electrons. The lowest BCUT2D eigenvalue weighted by Crippen LogP contribution is -2.34. The van der Waals surface area contributed by atoms with Crippen LogP contribution in [0.1, 0.15) is 49.7 Å². The molecule has 0 aromatic heterocycles. The van der Waals surface area contributed by atoms with Gasteiger partial charge in [-0.15, -0.1) is 0 Å². The van der Waals surface area contributed by atoms with Gasteiger partial charge in [-0.1, -0.05) is 36.8 Å². The molecule has 3 atom stereocenters. The van der Waals surface area contributed by atoms with Crippen LogP contribution in [0.2, 0.25) is 0 Å². The lowest BCUT2D eigenvalue weighted by molar-refractivity contribution is 0.230. The topological polar surface area (TPSA) is 20.2 Å². The quantitative estimate of drug-likeness (QED) is 0.673. The highest BCUT2D eigenvalue weighted by atomic mass is 16.3. The molecule has 1 aromatic carbocycles. The van der Waals surface area contributed by atoms with Gasteiger partial charge in [0.2, 0.25) is 0 Å². The number of phenols is 1. The van der Waals surface area contributed by atoms with Crippen LogP contribution in [0.5, 0.6) is 5.75 Å². The normalized spacial score (nSPS) is 35.0. The van der Waals surface area contributed by atoms with Crippen LogP contribution in [0.25, 0.3) is 0 Å². The van der Waals surface area contributed by atoms with E-state index < -0.39 is 0 Å². The van der Waals surface area contributed by atoms with Crippen molar-refractivity contribution in [1.29, 1.82) is 0 Å². The van der Waals surface area contributed by atoms with Crippen molar-refractivity contribution in [2.24, 2.45) is 11.3 Å². The van der Waals surface area contributed by atoms with Crippen molar-refractivity contribution < 1.29 is 5.11 Å². The van der Waals surface area contributed by atoms with Gasteiger partial charge in [-0.05, 0) is 66.7 Å². The van der Waals surface area contributed by atoms with Crippen molar-refractivity contribution in [1.82, 2.24) is 0 Å². The van der Waals surface area contributed by atoms with Gasteiger partial charge in [-0.3, -0.25) is 0 Å². The molecule has 1 aromatic rings. The Balaban J connectivity index is 1.77. The maximum atomic E-state index is 9.68. The molecular weight excluding hydrogens is 244 g/mol. The van der Waals surface area contributed by atoms with Gasteiger partial charge >= 0.3 is 0 Å². The van der Waals surface area contributed by atoms with E-state index in [1.165, 1.54) is 42.4 Å². The molecule has 3 aliphatic rings. The highest BCUT2D eigenvalue weighted by molar-refractivity contribution is 5.48. The first-order valence-electron chi connectivity index (χ1n) is 7.79. The summed E-state index contributed by atoms with van der Waals surface area (Å²) in [4.78, 5) is 0. The van der Waals surface area contributed by atoms with Gasteiger partial charge in [-0.2, -0.15) is 0 Å². The van der Waals surface area contributed by atoms with Gasteiger partial charge in [0.1, 0.15) is 5.75 Å². The Morgan fingerprint density at radius 2 is 2.15 bits per heavy atom. The molecule has 2 saturated carbocycles. The van der Waals surface area contributed by atoms with Crippen LogP contribution in [0, 0.1) is 11.3 Å². The van der Waals surface area contributed by atoms with Crippen LogP contribution in [-0.4, -0.2) is 5.11 Å². The maximum Gasteiger partial charge on any atom is 0.115 e. The molecule has 1 heteroatoms. The highest BCUT2D eigenvalue weighted by Gasteiger charge is 2.48. The fourth-order valence-corrected chi connectivity index (χ4v) is 4.86. The van der Waals surface area contributed by atoms with E-state index in [1.54, 1.807) is 5.57 Å². The van der Waals surface area contributed by atoms with Gasteiger partial charge in [-0.25, -0.2) is 0 Å². The zero-order valence-corrected chi connectivity index (χ0v) is 12.2. The molecule has 1 N–H and O–H groups in total. The number of fused-ring (bicyclic) bond motifs is 5. The first kappa shape index (κ1) is 12.3. The van der Waals surface area contributed by atoms with Gasteiger partial charge in [0.15, 0.2) is 0 Å². The SMILES string of the molecule is C=C1CC[C@H]2C3=CCc4cc(O)ccc4[C@H]3CC[C@]12C. The molecule has 0 spiro atoms. The Hall–Kier alpha value is -1.50. The van der Waals surface area contributed by atoms with E-state index in [9.17, 15) is 5.11 Å². The number of hydrogen-bond donors (Lipinski definition) is 1. The second kappa shape index (κ2) is 4.00. The highest BCUT2D eigenvalue weighted by Crippen LogP contribution is 2.61. The van der Waals surface area contributed by atoms with Gasteiger partial charge in [0.25, 0.3) is 0 Å². The molecule has 4 rings (SSSR count). The van der Waals surface area contributed by atoms with Crippen molar-refractivity contribution in [2.75, 3.05) is 0 Å². The molecule has 0 heterocycles. The Kier molecular flexibility index (Phi) is 2.45. The van der Waals surface area contributed by atoms with Crippen LogP contribution < -0.4 is 0 Å². The van der Waals surface area contributed by atoms with E-state index in [-0.39, 0.29) is 0 Å². The van der Waals surface area contributed by atoms with E-state index in [4.69, 9.17) is 0 Å². The van der Waals surface area contributed by atoms with E-state index >= 15 is 0 Å². The summed E-state index contributed by atoms with van der Waals surface area (Å²) in [6.45, 7) is 6.77. The number of benzene rings is 1. The van der Waals surface area contributed by atoms with Crippen LogP contribution in [0.4, 0.5) is 0 Å². The smallest absolute Gasteiger partial charge is 0.115 e. The summed E-state index contributed by atoms with van der Waals surface area (Å²) in [5.74, 6) is 1.69. The van der Waals surface area contributed by atoms with Crippen molar-refractivity contribution in [3.63, 3.8) is 0 Å². The molecule has 0 aliphatic heterocycles. The molecular formula is C19H22O. The molecule has 0 saturated heterocycles. The number of allylic oxidation sites excluding steroid dienone is 3. The molecule has 1 nitrogen and oxygen atoms in total. The van der Waals surface area contributed by atoms with Crippen LogP contribution in [0.3, 0.4) is 0 Å². The Labute approximate surface area is 121 Å². The van der Waals surface area contributed by atoms with Crippen LogP contribution in [0.15, 0.2) is 42.0 Å². The van der Waals surface area contributed by atoms with E-state index in [0.29, 0.717) is 23.0 Å². The summed E-state index contributed by atoms with van der Waals surface area (Å²) in [7, 11) is 0. The third kappa shape index (κ3) is 1.49. The largest absolute Gasteiger partial charge is 0.508 e. The summed E-state index contributed by atoms with van der Waals surface area (Å²) < 4.78 is 0. The minimum atomic E-state index is 0.344. The monoisotopic (exact) mass is 266 g/mol. The first-order valence-corrected chi connectivity index (χ1v) is 7.79. The van der Waals surface area contributed by atoms with Crippen molar-refractivity contribution in [3.05, 3.63) is 53.1 Å². The summed E-state index contributed by atoms with van der Waals surface area (Å²) in [6, 6.07) is 5.95. The Bertz CT molecular complexity index is 625. The molecule has 3 aliphatic carbocycles. The molecule has 104 valence electrons. The fraction of sp³-hybridized carbons (Fsp3) is 0.474. The first-order chi connectivity index (χ1) is 9.59. The second-order valence-electron chi connectivity index (χ2n) is 6.99. The third-order valence-corrected chi connectivity index (χ3v) is 6.13. The predicted molar refractivity (Wildman–Crippen MR) is 81.8 cm³/mol. The van der Waals surface area contributed by atoms with E-state index in [1.807, 2.05) is 12.1 Å². The van der Waals surface area contributed by atoms with Crippen LogP contribution in [-0.2, 0) is 6.42 Å². The Morgan fingerprint density at radius 1 is 1.30 bits per heavy atom. The summed E-state index contributed by atoms with van der Waals surface area (Å²) in [6.07, 6.45) is 8.41.